The molecule has 0 saturated carbocycles. The van der Waals surface area contributed by atoms with E-state index in [1.54, 1.807) is 18.3 Å². The van der Waals surface area contributed by atoms with E-state index >= 15 is 0 Å². The number of carbonyl (C=O) groups excluding carboxylic acids is 1. The van der Waals surface area contributed by atoms with Crippen molar-refractivity contribution >= 4 is 17.7 Å². The van der Waals surface area contributed by atoms with Gasteiger partial charge in [-0.25, -0.2) is 4.98 Å². The minimum absolute atomic E-state index is 0.0328. The van der Waals surface area contributed by atoms with Gasteiger partial charge in [-0.05, 0) is 36.6 Å². The number of likely N-dealkylation sites (tertiary alicyclic amines) is 1. The third kappa shape index (κ3) is 5.26. The van der Waals surface area contributed by atoms with Crippen LogP contribution in [0.3, 0.4) is 0 Å². The average Bonchev–Trinajstić information content (AvgIpc) is 3.23. The van der Waals surface area contributed by atoms with E-state index in [4.69, 9.17) is 4.74 Å². The smallest absolute Gasteiger partial charge is 0.251 e. The normalized spacial score (nSPS) is 20.8. The van der Waals surface area contributed by atoms with Crippen LogP contribution in [0.25, 0.3) is 0 Å². The van der Waals surface area contributed by atoms with Crippen molar-refractivity contribution in [3.63, 3.8) is 0 Å². The lowest BCUT2D eigenvalue weighted by molar-refractivity contribution is 0.0908. The zero-order valence-electron chi connectivity index (χ0n) is 16.0. The first-order valence-electron chi connectivity index (χ1n) is 10.0. The van der Waals surface area contributed by atoms with Gasteiger partial charge in [0, 0.05) is 49.3 Å². The van der Waals surface area contributed by atoms with Crippen LogP contribution in [0.2, 0.25) is 0 Å². The second-order valence-corrected chi connectivity index (χ2v) is 8.65. The van der Waals surface area contributed by atoms with E-state index in [1.807, 2.05) is 17.8 Å². The molecule has 4 rings (SSSR count). The first kappa shape index (κ1) is 19.3. The van der Waals surface area contributed by atoms with Crippen LogP contribution in [0.5, 0.6) is 5.88 Å². The zero-order valence-corrected chi connectivity index (χ0v) is 16.9. The molecule has 1 atom stereocenters. The van der Waals surface area contributed by atoms with Gasteiger partial charge in [0.05, 0.1) is 0 Å². The Balaban J connectivity index is 1.26. The second kappa shape index (κ2) is 9.43. The van der Waals surface area contributed by atoms with Crippen LogP contribution in [0, 0.1) is 0 Å². The second-order valence-electron chi connectivity index (χ2n) is 7.50. The van der Waals surface area contributed by atoms with Crippen LogP contribution in [0.4, 0.5) is 0 Å². The first-order chi connectivity index (χ1) is 13.8. The van der Waals surface area contributed by atoms with Gasteiger partial charge in [0.2, 0.25) is 5.88 Å². The lowest BCUT2D eigenvalue weighted by atomic mass is 10.0. The zero-order chi connectivity index (χ0) is 19.2. The van der Waals surface area contributed by atoms with Gasteiger partial charge < -0.3 is 10.1 Å². The Kier molecular flexibility index (Phi) is 6.49. The fraction of sp³-hybridized carbons (Fsp3) is 0.455. The molecular formula is C22H27N3O2S. The van der Waals surface area contributed by atoms with Crippen molar-refractivity contribution in [1.82, 2.24) is 15.2 Å². The van der Waals surface area contributed by atoms with Crippen LogP contribution < -0.4 is 10.1 Å². The Hall–Kier alpha value is -2.05. The van der Waals surface area contributed by atoms with Gasteiger partial charge in [-0.3, -0.25) is 9.69 Å². The minimum Gasteiger partial charge on any atom is -0.473 e. The van der Waals surface area contributed by atoms with Crippen LogP contribution in [-0.2, 0) is 6.54 Å². The van der Waals surface area contributed by atoms with Crippen LogP contribution >= 0.6 is 11.8 Å². The number of benzene rings is 1. The third-order valence-corrected chi connectivity index (χ3v) is 6.48. The Labute approximate surface area is 170 Å². The van der Waals surface area contributed by atoms with Crippen LogP contribution in [0.1, 0.15) is 35.2 Å². The van der Waals surface area contributed by atoms with Gasteiger partial charge in [-0.2, -0.15) is 11.8 Å². The molecule has 2 aliphatic rings. The first-order valence-corrected chi connectivity index (χ1v) is 11.2. The number of nitrogens with zero attached hydrogens (tertiary/aromatic N) is 2. The summed E-state index contributed by atoms with van der Waals surface area (Å²) in [6, 6.07) is 14.3. The molecular weight excluding hydrogens is 370 g/mol. The third-order valence-electron chi connectivity index (χ3n) is 5.34. The summed E-state index contributed by atoms with van der Waals surface area (Å²) in [5, 5.41) is 3.19. The van der Waals surface area contributed by atoms with Crippen molar-refractivity contribution < 1.29 is 9.53 Å². The quantitative estimate of drug-likeness (QED) is 0.810. The highest BCUT2D eigenvalue weighted by atomic mass is 32.2. The van der Waals surface area contributed by atoms with E-state index in [0.29, 0.717) is 11.4 Å². The molecule has 1 amide bonds. The van der Waals surface area contributed by atoms with E-state index in [1.165, 1.54) is 5.56 Å². The fourth-order valence-electron chi connectivity index (χ4n) is 3.74. The maximum Gasteiger partial charge on any atom is 0.251 e. The topological polar surface area (TPSA) is 54.5 Å². The lowest BCUT2D eigenvalue weighted by Crippen LogP contribution is -2.44. The molecule has 5 nitrogen and oxygen atoms in total. The van der Waals surface area contributed by atoms with E-state index in [-0.39, 0.29) is 18.1 Å². The highest BCUT2D eigenvalue weighted by Gasteiger charge is 2.22. The molecule has 2 aliphatic heterocycles. The summed E-state index contributed by atoms with van der Waals surface area (Å²) >= 11 is 1.90. The maximum atomic E-state index is 12.7. The molecule has 0 bridgehead atoms. The number of rotatable bonds is 6. The Morgan fingerprint density at radius 2 is 2.00 bits per heavy atom. The van der Waals surface area contributed by atoms with Gasteiger partial charge in [0.25, 0.3) is 5.91 Å². The SMILES string of the molecule is O=C(NC1CCN(Cc2ccccc2)CC1)c1ccnc(OC2CCSC2)c1. The van der Waals surface area contributed by atoms with Crippen molar-refractivity contribution in [3.05, 3.63) is 59.8 Å². The number of carbonyl (C=O) groups is 1. The minimum atomic E-state index is -0.0328. The predicted molar refractivity (Wildman–Crippen MR) is 113 cm³/mol. The molecule has 2 saturated heterocycles. The van der Waals surface area contributed by atoms with E-state index < -0.39 is 0 Å². The Morgan fingerprint density at radius 3 is 2.75 bits per heavy atom. The summed E-state index contributed by atoms with van der Waals surface area (Å²) in [7, 11) is 0. The number of amides is 1. The number of ether oxygens (including phenoxy) is 1. The van der Waals surface area contributed by atoms with Crippen molar-refractivity contribution in [2.24, 2.45) is 0 Å². The van der Waals surface area contributed by atoms with Gasteiger partial charge in [-0.1, -0.05) is 30.3 Å². The molecule has 1 unspecified atom stereocenters. The van der Waals surface area contributed by atoms with E-state index in [2.05, 4.69) is 39.5 Å². The number of hydrogen-bond donors (Lipinski definition) is 1. The molecule has 148 valence electrons. The maximum absolute atomic E-state index is 12.7. The fourth-order valence-corrected chi connectivity index (χ4v) is 4.83. The summed E-state index contributed by atoms with van der Waals surface area (Å²) in [6.45, 7) is 2.99. The van der Waals surface area contributed by atoms with Gasteiger partial charge >= 0.3 is 0 Å². The molecule has 0 radical (unpaired) electrons. The summed E-state index contributed by atoms with van der Waals surface area (Å²) in [5.41, 5.74) is 1.97. The van der Waals surface area contributed by atoms with Crippen molar-refractivity contribution in [2.45, 2.75) is 38.0 Å². The van der Waals surface area contributed by atoms with E-state index in [0.717, 1.165) is 50.4 Å². The standard InChI is InChI=1S/C22H27N3O2S/c26-22(18-6-10-23-21(14-18)27-20-9-13-28-16-20)24-19-7-11-25(12-8-19)15-17-4-2-1-3-5-17/h1-6,10,14,19-20H,7-9,11-13,15-16H2,(H,24,26). The summed E-state index contributed by atoms with van der Waals surface area (Å²) in [5.74, 6) is 2.65. The number of piperidine rings is 1. The molecule has 1 aromatic carbocycles. The van der Waals surface area contributed by atoms with Gasteiger partial charge in [-0.15, -0.1) is 0 Å². The molecule has 6 heteroatoms. The monoisotopic (exact) mass is 397 g/mol. The summed E-state index contributed by atoms with van der Waals surface area (Å²) in [6.07, 6.45) is 4.88. The molecule has 0 spiro atoms. The van der Waals surface area contributed by atoms with E-state index in [9.17, 15) is 4.79 Å². The van der Waals surface area contributed by atoms with Crippen molar-refractivity contribution in [1.29, 1.82) is 0 Å². The largest absolute Gasteiger partial charge is 0.473 e. The van der Waals surface area contributed by atoms with Crippen LogP contribution in [-0.4, -0.2) is 52.5 Å². The number of aromatic nitrogens is 1. The Bertz CT molecular complexity index is 772. The number of thioether (sulfide) groups is 1. The van der Waals surface area contributed by atoms with Gasteiger partial charge in [0.15, 0.2) is 0 Å². The molecule has 1 aromatic heterocycles. The molecule has 2 aromatic rings. The molecule has 28 heavy (non-hydrogen) atoms. The molecule has 1 N–H and O–H groups in total. The van der Waals surface area contributed by atoms with Gasteiger partial charge in [0.1, 0.15) is 6.10 Å². The number of pyridine rings is 1. The number of hydrogen-bond acceptors (Lipinski definition) is 5. The molecule has 0 aliphatic carbocycles. The van der Waals surface area contributed by atoms with Crippen molar-refractivity contribution in [2.75, 3.05) is 24.6 Å². The van der Waals surface area contributed by atoms with Crippen molar-refractivity contribution in [3.8, 4) is 5.88 Å². The Morgan fingerprint density at radius 1 is 1.18 bits per heavy atom. The highest BCUT2D eigenvalue weighted by Crippen LogP contribution is 2.22. The summed E-state index contributed by atoms with van der Waals surface area (Å²) < 4.78 is 5.91. The molecule has 3 heterocycles. The predicted octanol–water partition coefficient (Wildman–Crippen LogP) is 3.36. The molecule has 2 fully saturated rings. The summed E-state index contributed by atoms with van der Waals surface area (Å²) in [4.78, 5) is 19.4. The highest BCUT2D eigenvalue weighted by molar-refractivity contribution is 7.99. The lowest BCUT2D eigenvalue weighted by Gasteiger charge is -2.32. The average molecular weight is 398 g/mol. The number of nitrogens with one attached hydrogen (secondary N) is 1. The van der Waals surface area contributed by atoms with Crippen LogP contribution in [0.15, 0.2) is 48.7 Å².